The molecule has 4 heterocycles. The van der Waals surface area contributed by atoms with Crippen LogP contribution in [-0.2, 0) is 74.8 Å². The molecular formula is C62H86N8O18S. The average molecular weight is 1260 g/mol. The molecule has 6 atom stereocenters. The minimum absolute atomic E-state index is 0.119. The topological polar surface area (TPSA) is 319 Å². The van der Waals surface area contributed by atoms with Gasteiger partial charge < -0.3 is 69.0 Å². The summed E-state index contributed by atoms with van der Waals surface area (Å²) >= 11 is 0. The van der Waals surface area contributed by atoms with E-state index in [-0.39, 0.29) is 35.5 Å². The second-order valence-corrected chi connectivity index (χ2v) is 23.3. The Labute approximate surface area is 520 Å². The van der Waals surface area contributed by atoms with E-state index in [2.05, 4.69) is 31.1 Å². The maximum atomic E-state index is 13.5. The van der Waals surface area contributed by atoms with Gasteiger partial charge in [0.25, 0.3) is 23.6 Å². The Hall–Kier alpha value is -7.79. The van der Waals surface area contributed by atoms with E-state index in [0.717, 1.165) is 22.3 Å². The number of methoxy groups -OCH3 is 6. The third-order valence-corrected chi connectivity index (χ3v) is 15.0. The van der Waals surface area contributed by atoms with Crippen LogP contribution in [0.1, 0.15) is 62.8 Å². The SMILES string of the molecule is COc1ccc(CN2CCN(C(=O)[C@H](CC(C)C)NC(=O)[C@@H]3O[C@H]3C(=O)NCc3ccccc3)CC2)c(OC)c1OC.COc1ccc(CN2CCN(C(=O)[C@H](CC(C)C)NC(=O)[C@@H]3O[C@H]3C(=O)NCc3ccccc3)CC2)c(OC)c1OC.O=S(=O)(O)O. The number of amides is 6. The molecule has 4 aliphatic rings. The first-order valence-electron chi connectivity index (χ1n) is 29.3. The van der Waals surface area contributed by atoms with Crippen molar-refractivity contribution < 1.29 is 84.2 Å². The van der Waals surface area contributed by atoms with E-state index >= 15 is 0 Å². The zero-order valence-electron chi connectivity index (χ0n) is 52.2. The Balaban J connectivity index is 0.000000264. The fourth-order valence-corrected chi connectivity index (χ4v) is 10.4. The molecule has 6 amide bonds. The highest BCUT2D eigenvalue weighted by Gasteiger charge is 2.52. The summed E-state index contributed by atoms with van der Waals surface area (Å²) in [5.41, 5.74) is 3.84. The van der Waals surface area contributed by atoms with Gasteiger partial charge in [-0.2, -0.15) is 8.42 Å². The maximum Gasteiger partial charge on any atom is 0.394 e. The Kier molecular flexibility index (Phi) is 26.6. The van der Waals surface area contributed by atoms with Crippen LogP contribution in [-0.4, -0.2) is 204 Å². The summed E-state index contributed by atoms with van der Waals surface area (Å²) in [5, 5.41) is 11.3. The molecule has 0 spiro atoms. The van der Waals surface area contributed by atoms with Crippen LogP contribution in [0.15, 0.2) is 84.9 Å². The molecule has 26 nitrogen and oxygen atoms in total. The zero-order valence-corrected chi connectivity index (χ0v) is 53.0. The first-order chi connectivity index (χ1) is 42.5. The van der Waals surface area contributed by atoms with Crippen molar-refractivity contribution in [3.63, 3.8) is 0 Å². The number of carbonyl (C=O) groups excluding carboxylic acids is 6. The van der Waals surface area contributed by atoms with Crippen LogP contribution < -0.4 is 49.7 Å². The second-order valence-electron chi connectivity index (χ2n) is 22.4. The van der Waals surface area contributed by atoms with E-state index in [0.29, 0.717) is 126 Å². The molecule has 8 rings (SSSR count). The lowest BCUT2D eigenvalue weighted by Crippen LogP contribution is -2.55. The largest absolute Gasteiger partial charge is 0.493 e. The summed E-state index contributed by atoms with van der Waals surface area (Å²) in [7, 11) is 4.87. The highest BCUT2D eigenvalue weighted by Crippen LogP contribution is 2.41. The van der Waals surface area contributed by atoms with Gasteiger partial charge in [0.1, 0.15) is 12.1 Å². The van der Waals surface area contributed by atoms with Gasteiger partial charge in [0.2, 0.25) is 23.3 Å². The molecule has 488 valence electrons. The third-order valence-electron chi connectivity index (χ3n) is 15.0. The molecule has 89 heavy (non-hydrogen) atoms. The lowest BCUT2D eigenvalue weighted by atomic mass is 10.0. The monoisotopic (exact) mass is 1260 g/mol. The summed E-state index contributed by atoms with van der Waals surface area (Å²) in [6.45, 7) is 14.8. The molecular weight excluding hydrogens is 1180 g/mol. The Morgan fingerprint density at radius 1 is 0.472 bits per heavy atom. The van der Waals surface area contributed by atoms with Crippen molar-refractivity contribution in [2.45, 2.75) is 103 Å². The van der Waals surface area contributed by atoms with Crippen molar-refractivity contribution >= 4 is 45.8 Å². The summed E-state index contributed by atoms with van der Waals surface area (Å²) in [6, 6.07) is 25.3. The molecule has 4 aromatic rings. The molecule has 0 aromatic heterocycles. The number of carbonyl (C=O) groups is 6. The van der Waals surface area contributed by atoms with E-state index in [1.54, 1.807) is 52.5 Å². The molecule has 0 radical (unpaired) electrons. The van der Waals surface area contributed by atoms with Crippen molar-refractivity contribution in [3.8, 4) is 34.5 Å². The van der Waals surface area contributed by atoms with Crippen molar-refractivity contribution in [1.29, 1.82) is 0 Å². The van der Waals surface area contributed by atoms with Gasteiger partial charge in [-0.15, -0.1) is 0 Å². The van der Waals surface area contributed by atoms with Crippen LogP contribution in [0.4, 0.5) is 0 Å². The maximum absolute atomic E-state index is 13.5. The number of hydrogen-bond acceptors (Lipinski definition) is 18. The molecule has 4 fully saturated rings. The van der Waals surface area contributed by atoms with E-state index in [1.165, 1.54) is 0 Å². The number of ether oxygens (including phenoxy) is 8. The van der Waals surface area contributed by atoms with E-state index < -0.39 is 58.7 Å². The Bertz CT molecular complexity index is 2910. The van der Waals surface area contributed by atoms with Crippen LogP contribution >= 0.6 is 0 Å². The molecule has 0 aliphatic carbocycles. The van der Waals surface area contributed by atoms with Crippen LogP contribution in [0.2, 0.25) is 0 Å². The van der Waals surface area contributed by atoms with Crippen molar-refractivity contribution in [3.05, 3.63) is 107 Å². The lowest BCUT2D eigenvalue weighted by molar-refractivity contribution is -0.138. The molecule has 0 bridgehead atoms. The summed E-state index contributed by atoms with van der Waals surface area (Å²) in [4.78, 5) is 86.1. The first kappa shape index (κ1) is 70.3. The third kappa shape index (κ3) is 21.2. The predicted octanol–water partition coefficient (Wildman–Crippen LogP) is 3.29. The highest BCUT2D eigenvalue weighted by molar-refractivity contribution is 7.79. The quantitative estimate of drug-likeness (QED) is 0.0388. The fraction of sp³-hybridized carbons (Fsp3) is 0.516. The number of piperazine rings is 2. The van der Waals surface area contributed by atoms with Crippen LogP contribution in [0.25, 0.3) is 0 Å². The van der Waals surface area contributed by atoms with Crippen LogP contribution in [0.3, 0.4) is 0 Å². The van der Waals surface area contributed by atoms with Gasteiger partial charge in [-0.3, -0.25) is 47.7 Å². The normalized spacial score (nSPS) is 18.7. The van der Waals surface area contributed by atoms with Crippen molar-refractivity contribution in [1.82, 2.24) is 40.9 Å². The van der Waals surface area contributed by atoms with E-state index in [4.69, 9.17) is 55.4 Å². The van der Waals surface area contributed by atoms with E-state index in [9.17, 15) is 28.8 Å². The molecule has 4 aromatic carbocycles. The van der Waals surface area contributed by atoms with Crippen LogP contribution in [0, 0.1) is 11.8 Å². The summed E-state index contributed by atoms with van der Waals surface area (Å²) in [6.07, 6.45) is -2.49. The summed E-state index contributed by atoms with van der Waals surface area (Å²) < 4.78 is 75.4. The van der Waals surface area contributed by atoms with Gasteiger partial charge in [0.05, 0.1) is 42.7 Å². The lowest BCUT2D eigenvalue weighted by Gasteiger charge is -2.37. The van der Waals surface area contributed by atoms with Crippen LogP contribution in [0.5, 0.6) is 34.5 Å². The van der Waals surface area contributed by atoms with Gasteiger partial charge in [-0.25, -0.2) is 0 Å². The molecule has 0 unspecified atom stereocenters. The number of benzene rings is 4. The Morgan fingerprint density at radius 2 is 0.787 bits per heavy atom. The molecule has 0 saturated carbocycles. The van der Waals surface area contributed by atoms with Gasteiger partial charge in [0, 0.05) is 89.7 Å². The number of hydrogen-bond donors (Lipinski definition) is 6. The number of rotatable bonds is 26. The minimum Gasteiger partial charge on any atom is -0.493 e. The van der Waals surface area contributed by atoms with Gasteiger partial charge in [-0.05, 0) is 47.9 Å². The Morgan fingerprint density at radius 3 is 1.08 bits per heavy atom. The van der Waals surface area contributed by atoms with Crippen molar-refractivity contribution in [2.75, 3.05) is 95.0 Å². The number of nitrogens with one attached hydrogen (secondary N) is 4. The number of nitrogens with zero attached hydrogens (tertiary/aromatic N) is 4. The van der Waals surface area contributed by atoms with E-state index in [1.807, 2.05) is 113 Å². The number of epoxide rings is 2. The molecule has 27 heteroatoms. The summed E-state index contributed by atoms with van der Waals surface area (Å²) in [5.74, 6) is 2.13. The average Bonchev–Trinajstić information content (AvgIpc) is 2.85. The van der Waals surface area contributed by atoms with Gasteiger partial charge in [0.15, 0.2) is 47.4 Å². The minimum atomic E-state index is -4.67. The zero-order chi connectivity index (χ0) is 65.0. The second kappa shape index (κ2) is 33.7. The van der Waals surface area contributed by atoms with Crippen molar-refractivity contribution in [2.24, 2.45) is 11.8 Å². The molecule has 6 N–H and O–H groups in total. The van der Waals surface area contributed by atoms with Gasteiger partial charge >= 0.3 is 10.4 Å². The molecule has 4 aliphatic heterocycles. The molecule has 4 saturated heterocycles. The van der Waals surface area contributed by atoms with Gasteiger partial charge in [-0.1, -0.05) is 100 Å². The smallest absolute Gasteiger partial charge is 0.394 e. The standard InChI is InChI=1S/2C31H42N4O7.H2O4S/c2*1-20(2)17-23(33-30(37)28-27(42-28)29(36)32-18-21-9-7-6-8-10-21)31(38)35-15-13-34(14-16-35)19-22-11-12-24(39-3)26(41-5)25(22)40-4;1-5(2,3)4/h2*6-12,20,23,27-28H,13-19H2,1-5H3,(H,32,36)(H,33,37);(H2,1,2,3,4)/t2*23-,27+,28+;/m00./s1. The predicted molar refractivity (Wildman–Crippen MR) is 327 cm³/mol. The fourth-order valence-electron chi connectivity index (χ4n) is 10.4. The highest BCUT2D eigenvalue weighted by atomic mass is 32.3. The first-order valence-corrected chi connectivity index (χ1v) is 30.7.